The minimum atomic E-state index is 0.291. The van der Waals surface area contributed by atoms with E-state index in [0.29, 0.717) is 15.7 Å². The molecule has 120 valence electrons. The van der Waals surface area contributed by atoms with Gasteiger partial charge in [-0.1, -0.05) is 58.2 Å². The topological polar surface area (TPSA) is 0 Å². The number of benzene rings is 1. The maximum Gasteiger partial charge on any atom is 0.0273 e. The molecule has 0 heterocycles. The lowest BCUT2D eigenvalue weighted by Crippen LogP contribution is -2.07. The first-order chi connectivity index (χ1) is 10.1. The Morgan fingerprint density at radius 1 is 0.714 bits per heavy atom. The van der Waals surface area contributed by atoms with Crippen LogP contribution in [0.15, 0.2) is 18.2 Å². The summed E-state index contributed by atoms with van der Waals surface area (Å²) in [5, 5.41) is 0.899. The van der Waals surface area contributed by atoms with Gasteiger partial charge in [-0.05, 0) is 36.0 Å². The van der Waals surface area contributed by atoms with E-state index in [9.17, 15) is 0 Å². The van der Waals surface area contributed by atoms with Crippen molar-refractivity contribution in [2.24, 2.45) is 0 Å². The summed E-state index contributed by atoms with van der Waals surface area (Å²) >= 11 is 14.6. The maximum atomic E-state index is 4.90. The van der Waals surface area contributed by atoms with E-state index in [1.165, 1.54) is 16.7 Å². The Hall–Kier alpha value is 0.270. The lowest BCUT2D eigenvalue weighted by atomic mass is 9.90. The molecule has 1 aromatic rings. The van der Waals surface area contributed by atoms with Gasteiger partial charge in [0.2, 0.25) is 0 Å². The highest BCUT2D eigenvalue weighted by atomic mass is 32.1. The highest BCUT2D eigenvalue weighted by molar-refractivity contribution is 7.81. The van der Waals surface area contributed by atoms with Crippen LogP contribution in [0.4, 0.5) is 0 Å². The molecule has 1 rings (SSSR count). The van der Waals surface area contributed by atoms with E-state index in [4.69, 9.17) is 37.9 Å². The molecule has 3 unspecified atom stereocenters. The second kappa shape index (κ2) is 10.1. The van der Waals surface area contributed by atoms with Crippen LogP contribution in [0, 0.1) is 0 Å². The van der Waals surface area contributed by atoms with Crippen molar-refractivity contribution < 1.29 is 0 Å². The number of thiol groups is 3. The molecule has 3 heteroatoms. The molecule has 0 radical (unpaired) electrons. The van der Waals surface area contributed by atoms with Crippen LogP contribution in [0.3, 0.4) is 0 Å². The zero-order valence-corrected chi connectivity index (χ0v) is 16.2. The molecule has 0 aliphatic carbocycles. The fourth-order valence-electron chi connectivity index (χ4n) is 2.84. The van der Waals surface area contributed by atoms with Gasteiger partial charge in [0.25, 0.3) is 0 Å². The van der Waals surface area contributed by atoms with Gasteiger partial charge < -0.3 is 0 Å². The lowest BCUT2D eigenvalue weighted by Gasteiger charge is -2.25. The Balaban J connectivity index is 3.26. The highest BCUT2D eigenvalue weighted by Gasteiger charge is 2.21. The quantitative estimate of drug-likeness (QED) is 0.395. The van der Waals surface area contributed by atoms with E-state index >= 15 is 0 Å². The Morgan fingerprint density at radius 2 is 1.10 bits per heavy atom. The SMILES string of the molecule is CCCC(S)c1cccc(C(S)CCC)c1C(S)CCC. The molecule has 0 amide bonds. The summed E-state index contributed by atoms with van der Waals surface area (Å²) < 4.78 is 0. The zero-order chi connectivity index (χ0) is 15.8. The molecular formula is C18H30S3. The van der Waals surface area contributed by atoms with Crippen LogP contribution in [0.5, 0.6) is 0 Å². The van der Waals surface area contributed by atoms with Gasteiger partial charge in [0.1, 0.15) is 0 Å². The van der Waals surface area contributed by atoms with Crippen molar-refractivity contribution in [1.29, 1.82) is 0 Å². The molecule has 0 nitrogen and oxygen atoms in total. The zero-order valence-electron chi connectivity index (χ0n) is 13.5. The Morgan fingerprint density at radius 3 is 1.48 bits per heavy atom. The van der Waals surface area contributed by atoms with Gasteiger partial charge >= 0.3 is 0 Å². The molecule has 0 saturated carbocycles. The highest BCUT2D eigenvalue weighted by Crippen LogP contribution is 2.41. The van der Waals surface area contributed by atoms with Crippen molar-refractivity contribution >= 4 is 37.9 Å². The molecular weight excluding hydrogens is 312 g/mol. The molecule has 3 atom stereocenters. The van der Waals surface area contributed by atoms with E-state index in [0.717, 1.165) is 38.5 Å². The first kappa shape index (κ1) is 19.3. The standard InChI is InChI=1S/C18H30S3/c1-4-8-15(19)13-11-7-12-14(16(20)9-5-2)18(13)17(21)10-6-3/h7,11-12,15-17,19-21H,4-6,8-10H2,1-3H3. The van der Waals surface area contributed by atoms with Crippen molar-refractivity contribution in [1.82, 2.24) is 0 Å². The van der Waals surface area contributed by atoms with E-state index < -0.39 is 0 Å². The van der Waals surface area contributed by atoms with Crippen LogP contribution < -0.4 is 0 Å². The van der Waals surface area contributed by atoms with E-state index in [2.05, 4.69) is 39.0 Å². The van der Waals surface area contributed by atoms with Gasteiger partial charge in [-0.25, -0.2) is 0 Å². The second-order valence-corrected chi connectivity index (χ2v) is 7.63. The monoisotopic (exact) mass is 342 g/mol. The fraction of sp³-hybridized carbons (Fsp3) is 0.667. The third kappa shape index (κ3) is 5.44. The van der Waals surface area contributed by atoms with E-state index in [1.807, 2.05) is 0 Å². The Bertz CT molecular complexity index is 387. The Kier molecular flexibility index (Phi) is 9.31. The second-order valence-electron chi connectivity index (χ2n) is 5.76. The van der Waals surface area contributed by atoms with Crippen molar-refractivity contribution in [3.8, 4) is 0 Å². The molecule has 21 heavy (non-hydrogen) atoms. The molecule has 0 spiro atoms. The summed E-state index contributed by atoms with van der Waals surface area (Å²) in [6.45, 7) is 6.66. The average molecular weight is 343 g/mol. The van der Waals surface area contributed by atoms with Gasteiger partial charge in [0, 0.05) is 15.7 Å². The van der Waals surface area contributed by atoms with Crippen LogP contribution in [-0.4, -0.2) is 0 Å². The minimum Gasteiger partial charge on any atom is -0.171 e. The van der Waals surface area contributed by atoms with Gasteiger partial charge in [-0.3, -0.25) is 0 Å². The first-order valence-electron chi connectivity index (χ1n) is 8.23. The largest absolute Gasteiger partial charge is 0.171 e. The van der Waals surface area contributed by atoms with Crippen LogP contribution >= 0.6 is 37.9 Å². The summed E-state index contributed by atoms with van der Waals surface area (Å²) in [4.78, 5) is 0. The lowest BCUT2D eigenvalue weighted by molar-refractivity contribution is 0.720. The number of hydrogen-bond acceptors (Lipinski definition) is 3. The van der Waals surface area contributed by atoms with E-state index in [1.54, 1.807) is 0 Å². The summed E-state index contributed by atoms with van der Waals surface area (Å²) in [6.07, 6.45) is 6.78. The summed E-state index contributed by atoms with van der Waals surface area (Å²) in [7, 11) is 0. The van der Waals surface area contributed by atoms with Crippen molar-refractivity contribution in [3.05, 3.63) is 34.9 Å². The molecule has 1 aromatic carbocycles. The van der Waals surface area contributed by atoms with Gasteiger partial charge in [-0.15, -0.1) is 0 Å². The Labute approximate surface area is 147 Å². The molecule has 0 aliphatic rings. The molecule has 0 aliphatic heterocycles. The average Bonchev–Trinajstić information content (AvgIpc) is 2.47. The van der Waals surface area contributed by atoms with Crippen LogP contribution in [0.2, 0.25) is 0 Å². The van der Waals surface area contributed by atoms with Crippen LogP contribution in [0.1, 0.15) is 91.7 Å². The van der Waals surface area contributed by atoms with Crippen molar-refractivity contribution in [2.75, 3.05) is 0 Å². The van der Waals surface area contributed by atoms with Gasteiger partial charge in [-0.2, -0.15) is 37.9 Å². The predicted octanol–water partition coefficient (Wildman–Crippen LogP) is 7.00. The van der Waals surface area contributed by atoms with Gasteiger partial charge in [0.05, 0.1) is 0 Å². The molecule has 0 N–H and O–H groups in total. The minimum absolute atomic E-state index is 0.291. The summed E-state index contributed by atoms with van der Waals surface area (Å²) in [5.74, 6) is 0. The predicted molar refractivity (Wildman–Crippen MR) is 106 cm³/mol. The number of hydrogen-bond donors (Lipinski definition) is 3. The third-order valence-corrected chi connectivity index (χ3v) is 5.50. The van der Waals surface area contributed by atoms with Crippen molar-refractivity contribution in [2.45, 2.75) is 75.0 Å². The van der Waals surface area contributed by atoms with E-state index in [-0.39, 0.29) is 0 Å². The van der Waals surface area contributed by atoms with Crippen LogP contribution in [0.25, 0.3) is 0 Å². The van der Waals surface area contributed by atoms with Gasteiger partial charge in [0.15, 0.2) is 0 Å². The fourth-order valence-corrected chi connectivity index (χ4v) is 4.37. The van der Waals surface area contributed by atoms with Crippen molar-refractivity contribution in [3.63, 3.8) is 0 Å². The smallest absolute Gasteiger partial charge is 0.0273 e. The molecule has 0 saturated heterocycles. The molecule has 0 aromatic heterocycles. The first-order valence-corrected chi connectivity index (χ1v) is 9.78. The third-order valence-electron chi connectivity index (χ3n) is 3.91. The molecule has 0 bridgehead atoms. The summed E-state index contributed by atoms with van der Waals surface area (Å²) in [5.41, 5.74) is 4.12. The number of rotatable bonds is 9. The molecule has 0 fully saturated rings. The summed E-state index contributed by atoms with van der Waals surface area (Å²) in [6, 6.07) is 6.63. The normalized spacial score (nSPS) is 15.7. The maximum absolute atomic E-state index is 4.90. The van der Waals surface area contributed by atoms with Crippen LogP contribution in [-0.2, 0) is 0 Å².